The Morgan fingerprint density at radius 1 is 1.22 bits per heavy atom. The lowest BCUT2D eigenvalue weighted by atomic mass is 9.82. The van der Waals surface area contributed by atoms with Crippen LogP contribution in [0.15, 0.2) is 28.9 Å². The Morgan fingerprint density at radius 2 is 1.89 bits per heavy atom. The number of unbranched alkanes of at least 4 members (excludes halogenated alkanes) is 1. The number of imidazole rings is 1. The van der Waals surface area contributed by atoms with Crippen LogP contribution in [0, 0.1) is 17.3 Å². The Labute approximate surface area is 234 Å². The standard InChI is InChI=1S/C28H40BrN3O4S/c1-7-8-9-23-30-14-19(32(23)16-18-10-11-20(27(35)36)22(29)13-18)15-31-26(34)21(12-17(2)3)24(37)25(33)28(4,5)6/h10-11,13-14,17,21,24,37H,7-9,12,15-16H2,1-6H3,(H,31,34)(H,35,36). The highest BCUT2D eigenvalue weighted by atomic mass is 79.9. The molecule has 2 atom stereocenters. The third kappa shape index (κ3) is 8.70. The summed E-state index contributed by atoms with van der Waals surface area (Å²) in [4.78, 5) is 42.2. The molecular formula is C28H40BrN3O4S. The van der Waals surface area contributed by atoms with Gasteiger partial charge in [0, 0.05) is 22.9 Å². The predicted molar refractivity (Wildman–Crippen MR) is 153 cm³/mol. The molecule has 37 heavy (non-hydrogen) atoms. The molecular weight excluding hydrogens is 554 g/mol. The van der Waals surface area contributed by atoms with E-state index in [4.69, 9.17) is 0 Å². The SMILES string of the molecule is CCCCc1ncc(CNC(=O)C(CC(C)C)C(S)C(=O)C(C)(C)C)n1Cc1ccc(C(=O)O)c(Br)c1. The van der Waals surface area contributed by atoms with Crippen molar-refractivity contribution in [3.8, 4) is 0 Å². The number of benzene rings is 1. The molecule has 1 amide bonds. The Bertz CT molecular complexity index is 1110. The van der Waals surface area contributed by atoms with Crippen LogP contribution in [0.2, 0.25) is 0 Å². The lowest BCUT2D eigenvalue weighted by Crippen LogP contribution is -2.43. The molecule has 9 heteroatoms. The number of ketones is 1. The number of aryl methyl sites for hydroxylation is 1. The Kier molecular flexibility index (Phi) is 11.4. The summed E-state index contributed by atoms with van der Waals surface area (Å²) in [5.41, 5.74) is 1.39. The number of carbonyl (C=O) groups is 3. The molecule has 204 valence electrons. The van der Waals surface area contributed by atoms with Crippen molar-refractivity contribution in [1.82, 2.24) is 14.9 Å². The Hall–Kier alpha value is -2.13. The molecule has 7 nitrogen and oxygen atoms in total. The summed E-state index contributed by atoms with van der Waals surface area (Å²) in [6, 6.07) is 5.18. The average Bonchev–Trinajstić information content (AvgIpc) is 3.18. The van der Waals surface area contributed by atoms with E-state index in [1.165, 1.54) is 0 Å². The topological polar surface area (TPSA) is 101 Å². The molecule has 0 bridgehead atoms. The van der Waals surface area contributed by atoms with Gasteiger partial charge in [0.25, 0.3) is 0 Å². The van der Waals surface area contributed by atoms with Gasteiger partial charge in [-0.15, -0.1) is 0 Å². The number of amides is 1. The summed E-state index contributed by atoms with van der Waals surface area (Å²) >= 11 is 7.95. The summed E-state index contributed by atoms with van der Waals surface area (Å²) in [7, 11) is 0. The molecule has 2 unspecified atom stereocenters. The third-order valence-electron chi connectivity index (χ3n) is 6.27. The lowest BCUT2D eigenvalue weighted by Gasteiger charge is -2.28. The highest BCUT2D eigenvalue weighted by molar-refractivity contribution is 9.10. The minimum atomic E-state index is -0.989. The monoisotopic (exact) mass is 593 g/mol. The molecule has 0 saturated heterocycles. The van der Waals surface area contributed by atoms with E-state index in [0.717, 1.165) is 36.3 Å². The van der Waals surface area contributed by atoms with Crippen LogP contribution in [0.3, 0.4) is 0 Å². The first-order valence-electron chi connectivity index (χ1n) is 12.8. The van der Waals surface area contributed by atoms with Crippen LogP contribution in [-0.4, -0.2) is 37.6 Å². The van der Waals surface area contributed by atoms with Gasteiger partial charge in [-0.3, -0.25) is 9.59 Å². The number of aromatic nitrogens is 2. The number of nitrogens with zero attached hydrogens (tertiary/aromatic N) is 2. The van der Waals surface area contributed by atoms with Crippen molar-refractivity contribution in [3.05, 3.63) is 51.5 Å². The van der Waals surface area contributed by atoms with E-state index < -0.39 is 22.6 Å². The van der Waals surface area contributed by atoms with Crippen LogP contribution >= 0.6 is 28.6 Å². The van der Waals surface area contributed by atoms with E-state index in [2.05, 4.69) is 50.4 Å². The Balaban J connectivity index is 2.28. The maximum Gasteiger partial charge on any atom is 0.336 e. The zero-order chi connectivity index (χ0) is 27.9. The molecule has 2 aromatic rings. The van der Waals surface area contributed by atoms with Gasteiger partial charge in [-0.2, -0.15) is 12.6 Å². The quantitative estimate of drug-likeness (QED) is 0.250. The molecule has 0 saturated carbocycles. The first-order chi connectivity index (χ1) is 17.3. The van der Waals surface area contributed by atoms with Gasteiger partial charge in [0.2, 0.25) is 5.91 Å². The highest BCUT2D eigenvalue weighted by Gasteiger charge is 2.36. The Morgan fingerprint density at radius 3 is 2.43 bits per heavy atom. The second-order valence-corrected chi connectivity index (χ2v) is 12.4. The van der Waals surface area contributed by atoms with E-state index in [1.807, 2.05) is 34.6 Å². The number of rotatable bonds is 13. The minimum absolute atomic E-state index is 0.0427. The van der Waals surface area contributed by atoms with Crippen LogP contribution in [0.25, 0.3) is 0 Å². The van der Waals surface area contributed by atoms with Gasteiger partial charge in [-0.1, -0.05) is 54.0 Å². The molecule has 0 radical (unpaired) electrons. The van der Waals surface area contributed by atoms with E-state index >= 15 is 0 Å². The summed E-state index contributed by atoms with van der Waals surface area (Å²) < 4.78 is 2.59. The average molecular weight is 595 g/mol. The molecule has 2 rings (SSSR count). The van der Waals surface area contributed by atoms with Crippen LogP contribution in [-0.2, 0) is 29.1 Å². The molecule has 0 fully saturated rings. The zero-order valence-corrected chi connectivity index (χ0v) is 25.2. The molecule has 0 aliphatic heterocycles. The molecule has 1 aromatic heterocycles. The van der Waals surface area contributed by atoms with Crippen molar-refractivity contribution in [1.29, 1.82) is 0 Å². The van der Waals surface area contributed by atoms with Crippen molar-refractivity contribution in [2.45, 2.75) is 85.6 Å². The number of nitrogens with one attached hydrogen (secondary N) is 1. The molecule has 1 aromatic carbocycles. The summed E-state index contributed by atoms with van der Waals surface area (Å²) in [6.45, 7) is 12.5. The number of thiol groups is 1. The predicted octanol–water partition coefficient (Wildman–Crippen LogP) is 5.93. The first-order valence-corrected chi connectivity index (χ1v) is 14.1. The fraction of sp³-hybridized carbons (Fsp3) is 0.571. The second-order valence-electron chi connectivity index (χ2n) is 11.0. The van der Waals surface area contributed by atoms with Crippen LogP contribution in [0.5, 0.6) is 0 Å². The molecule has 0 aliphatic rings. The number of halogens is 1. The normalized spacial score (nSPS) is 13.4. The highest BCUT2D eigenvalue weighted by Crippen LogP contribution is 2.28. The number of hydrogen-bond acceptors (Lipinski definition) is 5. The van der Waals surface area contributed by atoms with Crippen LogP contribution in [0.4, 0.5) is 0 Å². The number of aromatic carboxylic acids is 1. The van der Waals surface area contributed by atoms with Gasteiger partial charge in [0.1, 0.15) is 5.82 Å². The summed E-state index contributed by atoms with van der Waals surface area (Å²) in [5.74, 6) is -0.613. The first kappa shape index (κ1) is 31.1. The largest absolute Gasteiger partial charge is 0.478 e. The van der Waals surface area contributed by atoms with E-state index in [-0.39, 0.29) is 29.7 Å². The number of hydrogen-bond donors (Lipinski definition) is 3. The minimum Gasteiger partial charge on any atom is -0.478 e. The van der Waals surface area contributed by atoms with Crippen molar-refractivity contribution in [2.75, 3.05) is 0 Å². The fourth-order valence-electron chi connectivity index (χ4n) is 4.16. The van der Waals surface area contributed by atoms with Crippen molar-refractivity contribution >= 4 is 46.2 Å². The van der Waals surface area contributed by atoms with Gasteiger partial charge in [-0.25, -0.2) is 9.78 Å². The zero-order valence-electron chi connectivity index (χ0n) is 22.7. The second kappa shape index (κ2) is 13.6. The smallest absolute Gasteiger partial charge is 0.336 e. The van der Waals surface area contributed by atoms with Gasteiger partial charge in [0.15, 0.2) is 5.78 Å². The van der Waals surface area contributed by atoms with E-state index in [9.17, 15) is 19.5 Å². The van der Waals surface area contributed by atoms with Gasteiger partial charge < -0.3 is 15.0 Å². The fourth-order valence-corrected chi connectivity index (χ4v) is 5.40. The van der Waals surface area contributed by atoms with Gasteiger partial charge in [0.05, 0.1) is 35.2 Å². The van der Waals surface area contributed by atoms with Crippen molar-refractivity contribution in [3.63, 3.8) is 0 Å². The third-order valence-corrected chi connectivity index (χ3v) is 7.52. The molecule has 0 spiro atoms. The molecule has 1 heterocycles. The number of carboxylic acid groups (broad SMARTS) is 1. The number of Topliss-reactive ketones (excluding diaryl/α,β-unsaturated/α-hetero) is 1. The van der Waals surface area contributed by atoms with Gasteiger partial charge in [-0.05, 0) is 52.4 Å². The number of carbonyl (C=O) groups excluding carboxylic acids is 2. The maximum atomic E-state index is 13.3. The van der Waals surface area contributed by atoms with E-state index in [1.54, 1.807) is 24.4 Å². The van der Waals surface area contributed by atoms with Gasteiger partial charge >= 0.3 is 5.97 Å². The summed E-state index contributed by atoms with van der Waals surface area (Å²) in [5, 5.41) is 11.7. The van der Waals surface area contributed by atoms with Crippen molar-refractivity contribution in [2.24, 2.45) is 17.3 Å². The molecule has 0 aliphatic carbocycles. The lowest BCUT2D eigenvalue weighted by molar-refractivity contribution is -0.132. The van der Waals surface area contributed by atoms with Crippen molar-refractivity contribution < 1.29 is 19.5 Å². The van der Waals surface area contributed by atoms with E-state index in [0.29, 0.717) is 17.4 Å². The van der Waals surface area contributed by atoms with Crippen LogP contribution < -0.4 is 5.32 Å². The maximum absolute atomic E-state index is 13.3. The molecule has 2 N–H and O–H groups in total. The summed E-state index contributed by atoms with van der Waals surface area (Å²) in [6.07, 6.45) is 5.15. The number of carboxylic acids is 1. The van der Waals surface area contributed by atoms with Crippen LogP contribution in [0.1, 0.15) is 88.2 Å².